The monoisotopic (exact) mass is 208 g/mol. The molecule has 1 aromatic carbocycles. The summed E-state index contributed by atoms with van der Waals surface area (Å²) >= 11 is 0. The van der Waals surface area contributed by atoms with E-state index in [4.69, 9.17) is 10.5 Å². The lowest BCUT2D eigenvalue weighted by Crippen LogP contribution is -2.13. The van der Waals surface area contributed by atoms with Crippen LogP contribution in [0, 0.1) is 5.82 Å². The molecule has 1 atom stereocenters. The average molecular weight is 208 g/mol. The summed E-state index contributed by atoms with van der Waals surface area (Å²) in [6, 6.07) is 6.57. The number of hydrogen-bond donors (Lipinski definition) is 1. The zero-order chi connectivity index (χ0) is 10.7. The largest absolute Gasteiger partial charge is 0.478 e. The zero-order valence-corrected chi connectivity index (χ0v) is 8.32. The lowest BCUT2D eigenvalue weighted by molar-refractivity contribution is 0.312. The molecule has 0 amide bonds. The van der Waals surface area contributed by atoms with E-state index < -0.39 is 0 Å². The summed E-state index contributed by atoms with van der Waals surface area (Å²) in [5.41, 5.74) is 6.47. The molecule has 0 aromatic heterocycles. The van der Waals surface area contributed by atoms with Gasteiger partial charge in [0.25, 0.3) is 0 Å². The molecule has 80 valence electrons. The van der Waals surface area contributed by atoms with Crippen LogP contribution in [0.3, 0.4) is 0 Å². The van der Waals surface area contributed by atoms with Crippen LogP contribution in [0.25, 0.3) is 0 Å². The minimum Gasteiger partial charge on any atom is -0.478 e. The van der Waals surface area contributed by atoms with Crippen molar-refractivity contribution >= 4 is 5.90 Å². The second-order valence-electron chi connectivity index (χ2n) is 3.52. The van der Waals surface area contributed by atoms with Crippen molar-refractivity contribution in [1.29, 1.82) is 0 Å². The van der Waals surface area contributed by atoms with Crippen LogP contribution >= 0.6 is 0 Å². The minimum absolute atomic E-state index is 0.119. The van der Waals surface area contributed by atoms with Gasteiger partial charge in [0.05, 0.1) is 12.6 Å². The predicted molar refractivity (Wildman–Crippen MR) is 56.3 cm³/mol. The van der Waals surface area contributed by atoms with Crippen LogP contribution in [0.2, 0.25) is 0 Å². The molecule has 1 aromatic rings. The molecule has 0 radical (unpaired) electrons. The summed E-state index contributed by atoms with van der Waals surface area (Å²) in [5, 5.41) is 0. The molecule has 0 spiro atoms. The highest BCUT2D eigenvalue weighted by atomic mass is 19.1. The molecule has 1 aliphatic rings. The van der Waals surface area contributed by atoms with Crippen LogP contribution in [-0.2, 0) is 11.2 Å². The van der Waals surface area contributed by atoms with E-state index in [1.54, 1.807) is 12.1 Å². The van der Waals surface area contributed by atoms with Gasteiger partial charge in [-0.1, -0.05) is 12.1 Å². The number of halogens is 1. The fraction of sp³-hybridized carbons (Fsp3) is 0.364. The number of nitrogens with two attached hydrogens (primary N) is 1. The minimum atomic E-state index is -0.215. The van der Waals surface area contributed by atoms with Crippen LogP contribution in [0.4, 0.5) is 4.39 Å². The highest BCUT2D eigenvalue weighted by Gasteiger charge is 2.17. The van der Waals surface area contributed by atoms with E-state index in [0.29, 0.717) is 19.0 Å². The Bertz CT molecular complexity index is 361. The lowest BCUT2D eigenvalue weighted by atomic mass is 10.1. The van der Waals surface area contributed by atoms with Crippen molar-refractivity contribution in [2.45, 2.75) is 12.5 Å². The summed E-state index contributed by atoms with van der Waals surface area (Å²) in [4.78, 5) is 4.30. The number of rotatable bonds is 3. The molecule has 2 N–H and O–H groups in total. The number of ether oxygens (including phenoxy) is 1. The van der Waals surface area contributed by atoms with E-state index in [1.165, 1.54) is 12.1 Å². The third-order valence-electron chi connectivity index (χ3n) is 2.33. The predicted octanol–water partition coefficient (Wildman–Crippen LogP) is 1.12. The number of nitrogens with zero attached hydrogens (tertiary/aromatic N) is 1. The molecular weight excluding hydrogens is 195 g/mol. The molecule has 0 aliphatic carbocycles. The van der Waals surface area contributed by atoms with Crippen LogP contribution in [0.15, 0.2) is 29.3 Å². The van der Waals surface area contributed by atoms with E-state index in [9.17, 15) is 4.39 Å². The first-order valence-electron chi connectivity index (χ1n) is 4.92. The smallest absolute Gasteiger partial charge is 0.197 e. The van der Waals surface area contributed by atoms with Gasteiger partial charge in [-0.2, -0.15) is 0 Å². The summed E-state index contributed by atoms with van der Waals surface area (Å²) in [6.07, 6.45) is 0.768. The summed E-state index contributed by atoms with van der Waals surface area (Å²) in [7, 11) is 0. The van der Waals surface area contributed by atoms with Gasteiger partial charge in [-0.15, -0.1) is 0 Å². The maximum atomic E-state index is 12.6. The first-order chi connectivity index (χ1) is 7.28. The molecule has 1 aliphatic heterocycles. The van der Waals surface area contributed by atoms with Crippen LogP contribution in [-0.4, -0.2) is 25.1 Å². The molecule has 1 heterocycles. The molecule has 0 bridgehead atoms. The summed E-state index contributed by atoms with van der Waals surface area (Å²) in [6.45, 7) is 0.920. The maximum Gasteiger partial charge on any atom is 0.197 e. The van der Waals surface area contributed by atoms with E-state index in [2.05, 4.69) is 4.99 Å². The van der Waals surface area contributed by atoms with Crippen molar-refractivity contribution in [2.24, 2.45) is 10.7 Å². The second kappa shape index (κ2) is 4.40. The van der Waals surface area contributed by atoms with Crippen molar-refractivity contribution in [3.63, 3.8) is 0 Å². The average Bonchev–Trinajstić information content (AvgIpc) is 2.69. The van der Waals surface area contributed by atoms with Crippen molar-refractivity contribution < 1.29 is 9.13 Å². The van der Waals surface area contributed by atoms with Crippen molar-refractivity contribution in [2.75, 3.05) is 13.2 Å². The quantitative estimate of drug-likeness (QED) is 0.809. The highest BCUT2D eigenvalue weighted by Crippen LogP contribution is 2.12. The summed E-state index contributed by atoms with van der Waals surface area (Å²) in [5.74, 6) is 0.398. The Kier molecular flexibility index (Phi) is 2.97. The van der Waals surface area contributed by atoms with Gasteiger partial charge in [0.15, 0.2) is 5.90 Å². The number of aliphatic imine (C=N–C) groups is 1. The fourth-order valence-electron chi connectivity index (χ4n) is 1.58. The normalized spacial score (nSPS) is 19.9. The lowest BCUT2D eigenvalue weighted by Gasteiger charge is -2.04. The van der Waals surface area contributed by atoms with Crippen molar-refractivity contribution in [3.05, 3.63) is 35.6 Å². The Balaban J connectivity index is 1.98. The number of hydrogen-bond acceptors (Lipinski definition) is 3. The Morgan fingerprint density at radius 3 is 2.73 bits per heavy atom. The molecule has 4 heteroatoms. The third-order valence-corrected chi connectivity index (χ3v) is 2.33. The summed E-state index contributed by atoms with van der Waals surface area (Å²) < 4.78 is 17.9. The van der Waals surface area contributed by atoms with Gasteiger partial charge in [0.2, 0.25) is 0 Å². The van der Waals surface area contributed by atoms with E-state index in [1.807, 2.05) is 0 Å². The zero-order valence-electron chi connectivity index (χ0n) is 8.32. The molecule has 2 rings (SSSR count). The van der Waals surface area contributed by atoms with Gasteiger partial charge in [-0.25, -0.2) is 9.38 Å². The standard InChI is InChI=1S/C11H13FN2O/c12-9-3-1-8(2-4-9)5-10-7-15-11(6-13)14-10/h1-4,10H,5-7,13H2. The molecular formula is C11H13FN2O. The van der Waals surface area contributed by atoms with Crippen LogP contribution in [0.1, 0.15) is 5.56 Å². The Morgan fingerprint density at radius 1 is 1.40 bits per heavy atom. The number of benzene rings is 1. The van der Waals surface area contributed by atoms with Gasteiger partial charge >= 0.3 is 0 Å². The first-order valence-corrected chi connectivity index (χ1v) is 4.92. The second-order valence-corrected chi connectivity index (χ2v) is 3.52. The molecule has 0 saturated heterocycles. The van der Waals surface area contributed by atoms with Crippen molar-refractivity contribution in [3.8, 4) is 0 Å². The van der Waals surface area contributed by atoms with Gasteiger partial charge < -0.3 is 10.5 Å². The molecule has 1 unspecified atom stereocenters. The molecule has 0 fully saturated rings. The van der Waals surface area contributed by atoms with E-state index >= 15 is 0 Å². The maximum absolute atomic E-state index is 12.6. The fourth-order valence-corrected chi connectivity index (χ4v) is 1.58. The Labute approximate surface area is 87.8 Å². The first kappa shape index (κ1) is 10.1. The third kappa shape index (κ3) is 2.53. The van der Waals surface area contributed by atoms with Gasteiger partial charge in [-0.3, -0.25) is 0 Å². The van der Waals surface area contributed by atoms with Crippen molar-refractivity contribution in [1.82, 2.24) is 0 Å². The Morgan fingerprint density at radius 2 is 2.13 bits per heavy atom. The SMILES string of the molecule is NCC1=NC(Cc2ccc(F)cc2)CO1. The topological polar surface area (TPSA) is 47.6 Å². The highest BCUT2D eigenvalue weighted by molar-refractivity contribution is 5.79. The van der Waals surface area contributed by atoms with Gasteiger partial charge in [-0.05, 0) is 24.1 Å². The molecule has 15 heavy (non-hydrogen) atoms. The van der Waals surface area contributed by atoms with Crippen LogP contribution < -0.4 is 5.73 Å². The molecule has 3 nitrogen and oxygen atoms in total. The van der Waals surface area contributed by atoms with E-state index in [-0.39, 0.29) is 11.9 Å². The molecule has 0 saturated carbocycles. The van der Waals surface area contributed by atoms with Gasteiger partial charge in [0, 0.05) is 0 Å². The van der Waals surface area contributed by atoms with Crippen LogP contribution in [0.5, 0.6) is 0 Å². The van der Waals surface area contributed by atoms with E-state index in [0.717, 1.165) is 12.0 Å². The van der Waals surface area contributed by atoms with Gasteiger partial charge in [0.1, 0.15) is 12.4 Å². The Hall–Kier alpha value is -1.42.